The molecule has 0 saturated carbocycles. The molecule has 0 saturated heterocycles. The molecule has 0 atom stereocenters. The Morgan fingerprint density at radius 2 is 2.17 bits per heavy atom. The highest BCUT2D eigenvalue weighted by molar-refractivity contribution is 5.77. The van der Waals surface area contributed by atoms with Gasteiger partial charge in [0, 0.05) is 18.5 Å². The maximum atomic E-state index is 11.8. The standard InChI is InChI=1S/C13H16N2O3/c1-9(2)13(16)14-8-7-12-15(17)10-5-3-4-6-11(10)18-12/h3-6,9H,7-8H2,1-2H3,(H,14,16). The first-order valence-electron chi connectivity index (χ1n) is 5.97. The predicted molar refractivity (Wildman–Crippen MR) is 66.7 cm³/mol. The number of rotatable bonds is 4. The molecule has 96 valence electrons. The maximum Gasteiger partial charge on any atom is 0.361 e. The van der Waals surface area contributed by atoms with Gasteiger partial charge in [0.25, 0.3) is 5.52 Å². The van der Waals surface area contributed by atoms with Gasteiger partial charge in [0.1, 0.15) is 0 Å². The summed E-state index contributed by atoms with van der Waals surface area (Å²) in [6, 6.07) is 7.06. The number of carbonyl (C=O) groups is 1. The van der Waals surface area contributed by atoms with Crippen molar-refractivity contribution in [2.75, 3.05) is 6.54 Å². The van der Waals surface area contributed by atoms with Gasteiger partial charge in [0.2, 0.25) is 11.5 Å². The first kappa shape index (κ1) is 12.4. The molecule has 2 rings (SSSR count). The van der Waals surface area contributed by atoms with Gasteiger partial charge in [-0.2, -0.15) is 0 Å². The Morgan fingerprint density at radius 3 is 2.83 bits per heavy atom. The smallest absolute Gasteiger partial charge is 0.361 e. The first-order chi connectivity index (χ1) is 8.59. The molecule has 5 heteroatoms. The molecule has 0 spiro atoms. The van der Waals surface area contributed by atoms with Gasteiger partial charge in [-0.15, -0.1) is 4.73 Å². The van der Waals surface area contributed by atoms with E-state index in [0.29, 0.717) is 30.0 Å². The normalized spacial score (nSPS) is 11.1. The van der Waals surface area contributed by atoms with Crippen molar-refractivity contribution in [1.82, 2.24) is 5.32 Å². The van der Waals surface area contributed by atoms with Gasteiger partial charge in [-0.25, -0.2) is 0 Å². The number of para-hydroxylation sites is 2. The second-order valence-electron chi connectivity index (χ2n) is 4.45. The van der Waals surface area contributed by atoms with Gasteiger partial charge < -0.3 is 14.9 Å². The highest BCUT2D eigenvalue weighted by Crippen LogP contribution is 2.12. The lowest BCUT2D eigenvalue weighted by Gasteiger charge is -2.05. The third kappa shape index (κ3) is 2.45. The lowest BCUT2D eigenvalue weighted by molar-refractivity contribution is -0.592. The molecule has 2 aromatic rings. The zero-order chi connectivity index (χ0) is 13.1. The molecule has 0 radical (unpaired) electrons. The highest BCUT2D eigenvalue weighted by Gasteiger charge is 2.17. The number of carbonyl (C=O) groups excluding carboxylic acids is 1. The van der Waals surface area contributed by atoms with Crippen LogP contribution in [0.15, 0.2) is 28.7 Å². The lowest BCUT2D eigenvalue weighted by atomic mass is 10.2. The predicted octanol–water partition coefficient (Wildman–Crippen LogP) is 1.38. The fraction of sp³-hybridized carbons (Fsp3) is 0.385. The molecule has 0 aliphatic heterocycles. The van der Waals surface area contributed by atoms with E-state index in [2.05, 4.69) is 5.32 Å². The Labute approximate surface area is 105 Å². The quantitative estimate of drug-likeness (QED) is 0.656. The highest BCUT2D eigenvalue weighted by atomic mass is 16.5. The largest absolute Gasteiger partial charge is 0.616 e. The zero-order valence-corrected chi connectivity index (χ0v) is 10.5. The molecule has 5 nitrogen and oxygen atoms in total. The summed E-state index contributed by atoms with van der Waals surface area (Å²) >= 11 is 0. The van der Waals surface area contributed by atoms with Gasteiger partial charge in [-0.1, -0.05) is 26.0 Å². The molecule has 1 N–H and O–H groups in total. The molecular formula is C13H16N2O3. The minimum Gasteiger partial charge on any atom is -0.616 e. The van der Waals surface area contributed by atoms with Crippen LogP contribution in [0.2, 0.25) is 0 Å². The zero-order valence-electron chi connectivity index (χ0n) is 10.5. The van der Waals surface area contributed by atoms with E-state index in [4.69, 9.17) is 4.42 Å². The molecular weight excluding hydrogens is 232 g/mol. The summed E-state index contributed by atoms with van der Waals surface area (Å²) in [6.45, 7) is 4.05. The number of nitrogens with one attached hydrogen (secondary N) is 1. The number of nitrogens with zero attached hydrogens (tertiary/aromatic N) is 1. The Morgan fingerprint density at radius 1 is 1.44 bits per heavy atom. The molecule has 0 unspecified atom stereocenters. The van der Waals surface area contributed by atoms with E-state index in [9.17, 15) is 10.0 Å². The van der Waals surface area contributed by atoms with Crippen molar-refractivity contribution in [2.24, 2.45) is 5.92 Å². The van der Waals surface area contributed by atoms with Gasteiger partial charge in [0.05, 0.1) is 6.42 Å². The van der Waals surface area contributed by atoms with Crippen molar-refractivity contribution >= 4 is 17.0 Å². The summed E-state index contributed by atoms with van der Waals surface area (Å²) in [5.41, 5.74) is 1.08. The summed E-state index contributed by atoms with van der Waals surface area (Å²) in [6.07, 6.45) is 0.386. The van der Waals surface area contributed by atoms with E-state index < -0.39 is 0 Å². The molecule has 1 amide bonds. The van der Waals surface area contributed by atoms with Crippen molar-refractivity contribution in [3.05, 3.63) is 35.4 Å². The van der Waals surface area contributed by atoms with Crippen LogP contribution in [0.1, 0.15) is 19.7 Å². The number of benzene rings is 1. The third-order valence-electron chi connectivity index (χ3n) is 2.70. The summed E-state index contributed by atoms with van der Waals surface area (Å²) in [5.74, 6) is 0.240. The second-order valence-corrected chi connectivity index (χ2v) is 4.45. The van der Waals surface area contributed by atoms with Crippen LogP contribution in [0.25, 0.3) is 11.1 Å². The van der Waals surface area contributed by atoms with Crippen molar-refractivity contribution in [2.45, 2.75) is 20.3 Å². The van der Waals surface area contributed by atoms with Crippen LogP contribution >= 0.6 is 0 Å². The van der Waals surface area contributed by atoms with E-state index in [0.717, 1.165) is 4.73 Å². The van der Waals surface area contributed by atoms with Crippen LogP contribution in [0.5, 0.6) is 0 Å². The van der Waals surface area contributed by atoms with Crippen molar-refractivity contribution in [3.8, 4) is 0 Å². The molecule has 1 heterocycles. The van der Waals surface area contributed by atoms with Crippen LogP contribution in [-0.2, 0) is 11.2 Å². The monoisotopic (exact) mass is 248 g/mol. The SMILES string of the molecule is CC(C)C(=O)NCCc1oc2ccccc2[n+]1[O-]. The average molecular weight is 248 g/mol. The van der Waals surface area contributed by atoms with Gasteiger partial charge in [-0.3, -0.25) is 4.79 Å². The number of aromatic nitrogens is 1. The number of oxazole rings is 1. The minimum absolute atomic E-state index is 0.0245. The summed E-state index contributed by atoms with van der Waals surface area (Å²) in [7, 11) is 0. The molecule has 18 heavy (non-hydrogen) atoms. The summed E-state index contributed by atoms with van der Waals surface area (Å²) < 4.78 is 6.21. The fourth-order valence-corrected chi connectivity index (χ4v) is 1.66. The van der Waals surface area contributed by atoms with Gasteiger partial charge in [-0.05, 0) is 6.07 Å². The van der Waals surface area contributed by atoms with Crippen LogP contribution in [0.4, 0.5) is 0 Å². The van der Waals surface area contributed by atoms with Crippen LogP contribution in [0, 0.1) is 11.1 Å². The van der Waals surface area contributed by atoms with Crippen molar-refractivity contribution in [3.63, 3.8) is 0 Å². The third-order valence-corrected chi connectivity index (χ3v) is 2.70. The van der Waals surface area contributed by atoms with Crippen molar-refractivity contribution in [1.29, 1.82) is 0 Å². The van der Waals surface area contributed by atoms with Crippen LogP contribution < -0.4 is 10.0 Å². The maximum absolute atomic E-state index is 11.8. The van der Waals surface area contributed by atoms with E-state index in [1.165, 1.54) is 0 Å². The van der Waals surface area contributed by atoms with E-state index in [1.807, 2.05) is 19.9 Å². The fourth-order valence-electron chi connectivity index (χ4n) is 1.66. The molecule has 0 aliphatic carbocycles. The summed E-state index contributed by atoms with van der Waals surface area (Å²) in [5, 5.41) is 14.6. The topological polar surface area (TPSA) is 69.2 Å². The molecule has 1 aromatic carbocycles. The van der Waals surface area contributed by atoms with Crippen LogP contribution in [-0.4, -0.2) is 12.5 Å². The summed E-state index contributed by atoms with van der Waals surface area (Å²) in [4.78, 5) is 11.4. The average Bonchev–Trinajstić information content (AvgIpc) is 2.67. The number of amides is 1. The van der Waals surface area contributed by atoms with E-state index in [-0.39, 0.29) is 11.8 Å². The Bertz CT molecular complexity index is 560. The lowest BCUT2D eigenvalue weighted by Crippen LogP contribution is -2.34. The van der Waals surface area contributed by atoms with E-state index in [1.54, 1.807) is 18.2 Å². The first-order valence-corrected chi connectivity index (χ1v) is 5.97. The number of hydrogen-bond acceptors (Lipinski definition) is 3. The Balaban J connectivity index is 2.04. The van der Waals surface area contributed by atoms with Crippen LogP contribution in [0.3, 0.4) is 0 Å². The number of fused-ring (bicyclic) bond motifs is 1. The number of hydrogen-bond donors (Lipinski definition) is 1. The Kier molecular flexibility index (Phi) is 3.50. The molecule has 0 aliphatic rings. The Hall–Kier alpha value is -2.04. The molecule has 0 bridgehead atoms. The van der Waals surface area contributed by atoms with E-state index >= 15 is 0 Å². The minimum atomic E-state index is -0.0555. The molecule has 0 fully saturated rings. The van der Waals surface area contributed by atoms with Gasteiger partial charge in [0.15, 0.2) is 0 Å². The van der Waals surface area contributed by atoms with Crippen molar-refractivity contribution < 1.29 is 13.9 Å². The van der Waals surface area contributed by atoms with Gasteiger partial charge >= 0.3 is 5.89 Å². The second kappa shape index (κ2) is 5.08. The molecule has 1 aromatic heterocycles.